The maximum absolute atomic E-state index is 11.5. The minimum Gasteiger partial charge on any atom is -0.379 e. The van der Waals surface area contributed by atoms with Gasteiger partial charge in [-0.05, 0) is 19.8 Å². The lowest BCUT2D eigenvalue weighted by atomic mass is 9.92. The van der Waals surface area contributed by atoms with Gasteiger partial charge in [-0.25, -0.2) is 13.1 Å². The van der Waals surface area contributed by atoms with Gasteiger partial charge in [-0.1, -0.05) is 26.7 Å². The number of nitrogens with zero attached hydrogens (tertiary/aromatic N) is 2. The number of ether oxygens (including phenoxy) is 1. The number of hydrogen-bond acceptors (Lipinski definition) is 5. The van der Waals surface area contributed by atoms with Crippen molar-refractivity contribution >= 4 is 16.0 Å². The fraction of sp³-hybridized carbons (Fsp3) is 0.944. The monoisotopic (exact) mass is 405 g/mol. The molecular formula is C18H39N5O3S. The highest BCUT2D eigenvalue weighted by Crippen LogP contribution is 2.20. The Morgan fingerprint density at radius 1 is 1.07 bits per heavy atom. The van der Waals surface area contributed by atoms with E-state index in [-0.39, 0.29) is 5.75 Å². The second kappa shape index (κ2) is 13.3. The molecule has 0 spiro atoms. The topological polar surface area (TPSA) is 95.1 Å². The number of rotatable bonds is 12. The first-order valence-corrected chi connectivity index (χ1v) is 11.9. The zero-order chi connectivity index (χ0) is 20.1. The van der Waals surface area contributed by atoms with Gasteiger partial charge >= 0.3 is 0 Å². The molecule has 0 saturated carbocycles. The van der Waals surface area contributed by atoms with Gasteiger partial charge in [-0.2, -0.15) is 0 Å². The van der Waals surface area contributed by atoms with E-state index < -0.39 is 10.0 Å². The molecule has 1 unspecified atom stereocenters. The van der Waals surface area contributed by atoms with E-state index in [1.54, 1.807) is 6.92 Å². The number of nitrogens with one attached hydrogen (secondary N) is 3. The van der Waals surface area contributed by atoms with Crippen molar-refractivity contribution in [3.8, 4) is 0 Å². The van der Waals surface area contributed by atoms with Crippen LogP contribution in [0.15, 0.2) is 4.99 Å². The van der Waals surface area contributed by atoms with Gasteiger partial charge in [0.1, 0.15) is 0 Å². The highest BCUT2D eigenvalue weighted by atomic mass is 32.2. The van der Waals surface area contributed by atoms with Gasteiger partial charge in [0.25, 0.3) is 0 Å². The van der Waals surface area contributed by atoms with Crippen molar-refractivity contribution < 1.29 is 13.2 Å². The normalized spacial score (nSPS) is 17.9. The predicted molar refractivity (Wildman–Crippen MR) is 112 cm³/mol. The Balaban J connectivity index is 2.66. The molecular weight excluding hydrogens is 366 g/mol. The van der Waals surface area contributed by atoms with Crippen molar-refractivity contribution in [2.75, 3.05) is 58.2 Å². The van der Waals surface area contributed by atoms with E-state index in [1.165, 1.54) is 0 Å². The van der Waals surface area contributed by atoms with Crippen LogP contribution in [0, 0.1) is 5.92 Å². The van der Waals surface area contributed by atoms with Crippen LogP contribution < -0.4 is 15.4 Å². The predicted octanol–water partition coefficient (Wildman–Crippen LogP) is 0.618. The van der Waals surface area contributed by atoms with Gasteiger partial charge in [0, 0.05) is 38.8 Å². The summed E-state index contributed by atoms with van der Waals surface area (Å²) < 4.78 is 31.1. The number of hydrogen-bond donors (Lipinski definition) is 3. The average Bonchev–Trinajstić information content (AvgIpc) is 2.68. The van der Waals surface area contributed by atoms with Gasteiger partial charge in [0.05, 0.1) is 25.5 Å². The van der Waals surface area contributed by atoms with Crippen LogP contribution in [0.4, 0.5) is 0 Å². The van der Waals surface area contributed by atoms with Gasteiger partial charge in [-0.3, -0.25) is 9.89 Å². The van der Waals surface area contributed by atoms with E-state index in [0.29, 0.717) is 25.0 Å². The van der Waals surface area contributed by atoms with E-state index >= 15 is 0 Å². The molecule has 0 aromatic carbocycles. The molecule has 0 amide bonds. The minimum absolute atomic E-state index is 0.0950. The molecule has 1 atom stereocenters. The molecule has 0 aromatic heterocycles. The first-order chi connectivity index (χ1) is 13.0. The molecule has 3 N–H and O–H groups in total. The van der Waals surface area contributed by atoms with E-state index in [1.807, 2.05) is 6.92 Å². The third-order valence-corrected chi connectivity index (χ3v) is 6.41. The zero-order valence-corrected chi connectivity index (χ0v) is 18.3. The Morgan fingerprint density at radius 3 is 2.30 bits per heavy atom. The maximum atomic E-state index is 11.5. The van der Waals surface area contributed by atoms with Crippen molar-refractivity contribution in [2.24, 2.45) is 10.9 Å². The standard InChI is InChI=1S/C18H39N5O3S/c1-5-16(6-2)17(23-11-13-26-14-12-23)15-21-18(19-7-3)20-9-10-22-27(24,25)8-4/h16-17,22H,5-15H2,1-4H3,(H2,19,20,21). The molecule has 27 heavy (non-hydrogen) atoms. The first-order valence-electron chi connectivity index (χ1n) is 10.3. The van der Waals surface area contributed by atoms with Gasteiger partial charge in [0.15, 0.2) is 5.96 Å². The third-order valence-electron chi connectivity index (χ3n) is 5.01. The van der Waals surface area contributed by atoms with Crippen molar-refractivity contribution in [1.82, 2.24) is 20.3 Å². The van der Waals surface area contributed by atoms with Gasteiger partial charge in [-0.15, -0.1) is 0 Å². The van der Waals surface area contributed by atoms with Crippen LogP contribution in [-0.2, 0) is 14.8 Å². The lowest BCUT2D eigenvalue weighted by molar-refractivity contribution is 0.00395. The van der Waals surface area contributed by atoms with Gasteiger partial charge < -0.3 is 15.4 Å². The van der Waals surface area contributed by atoms with Crippen LogP contribution in [0.3, 0.4) is 0 Å². The quantitative estimate of drug-likeness (QED) is 0.250. The van der Waals surface area contributed by atoms with Crippen LogP contribution >= 0.6 is 0 Å². The molecule has 0 aliphatic carbocycles. The molecule has 0 aromatic rings. The molecule has 0 radical (unpaired) electrons. The number of sulfonamides is 1. The lowest BCUT2D eigenvalue weighted by Gasteiger charge is -2.38. The Labute approximate surface area is 165 Å². The van der Waals surface area contributed by atoms with Crippen LogP contribution in [0.1, 0.15) is 40.5 Å². The number of aliphatic imine (C=N–C) groups is 1. The molecule has 1 heterocycles. The van der Waals surface area contributed by atoms with E-state index in [4.69, 9.17) is 9.73 Å². The van der Waals surface area contributed by atoms with Crippen LogP contribution in [0.5, 0.6) is 0 Å². The molecule has 9 heteroatoms. The average molecular weight is 406 g/mol. The largest absolute Gasteiger partial charge is 0.379 e. The summed E-state index contributed by atoms with van der Waals surface area (Å²) in [5.74, 6) is 1.43. The highest BCUT2D eigenvalue weighted by Gasteiger charge is 2.26. The molecule has 1 rings (SSSR count). The zero-order valence-electron chi connectivity index (χ0n) is 17.5. The molecule has 1 aliphatic heterocycles. The smallest absolute Gasteiger partial charge is 0.211 e. The molecule has 0 bridgehead atoms. The summed E-state index contributed by atoms with van der Waals surface area (Å²) in [5, 5.41) is 6.47. The Kier molecular flexibility index (Phi) is 11.9. The second-order valence-electron chi connectivity index (χ2n) is 6.74. The van der Waals surface area contributed by atoms with E-state index in [0.717, 1.165) is 58.2 Å². The Bertz CT molecular complexity index is 517. The molecule has 1 saturated heterocycles. The third kappa shape index (κ3) is 9.23. The summed E-state index contributed by atoms with van der Waals surface area (Å²) in [7, 11) is -3.16. The van der Waals surface area contributed by atoms with E-state index in [9.17, 15) is 8.42 Å². The summed E-state index contributed by atoms with van der Waals surface area (Å²) in [5.41, 5.74) is 0. The highest BCUT2D eigenvalue weighted by molar-refractivity contribution is 7.89. The Morgan fingerprint density at radius 2 is 1.74 bits per heavy atom. The Hall–Kier alpha value is -0.900. The first kappa shape index (κ1) is 24.1. The van der Waals surface area contributed by atoms with Crippen molar-refractivity contribution in [1.29, 1.82) is 0 Å². The summed E-state index contributed by atoms with van der Waals surface area (Å²) in [6, 6.07) is 0.401. The fourth-order valence-electron chi connectivity index (χ4n) is 3.32. The SMILES string of the molecule is CCNC(=NCC(C(CC)CC)N1CCOCC1)NCCNS(=O)(=O)CC. The van der Waals surface area contributed by atoms with Crippen molar-refractivity contribution in [3.05, 3.63) is 0 Å². The maximum Gasteiger partial charge on any atom is 0.211 e. The summed E-state index contributed by atoms with van der Waals surface area (Å²) in [6.07, 6.45) is 2.27. The van der Waals surface area contributed by atoms with Gasteiger partial charge in [0.2, 0.25) is 10.0 Å². The molecule has 8 nitrogen and oxygen atoms in total. The molecule has 160 valence electrons. The lowest BCUT2D eigenvalue weighted by Crippen LogP contribution is -2.49. The van der Waals surface area contributed by atoms with Crippen LogP contribution in [0.2, 0.25) is 0 Å². The second-order valence-corrected chi connectivity index (χ2v) is 8.83. The van der Waals surface area contributed by atoms with Crippen LogP contribution in [0.25, 0.3) is 0 Å². The van der Waals surface area contributed by atoms with E-state index in [2.05, 4.69) is 34.1 Å². The molecule has 1 aliphatic rings. The van der Waals surface area contributed by atoms with Crippen LogP contribution in [-0.4, -0.2) is 83.6 Å². The summed E-state index contributed by atoms with van der Waals surface area (Å²) in [6.45, 7) is 14.0. The summed E-state index contributed by atoms with van der Waals surface area (Å²) in [4.78, 5) is 7.30. The fourth-order valence-corrected chi connectivity index (χ4v) is 3.94. The molecule has 1 fully saturated rings. The minimum atomic E-state index is -3.16. The summed E-state index contributed by atoms with van der Waals surface area (Å²) >= 11 is 0. The number of morpholine rings is 1. The van der Waals surface area contributed by atoms with Crippen molar-refractivity contribution in [3.63, 3.8) is 0 Å². The number of guanidine groups is 1. The van der Waals surface area contributed by atoms with Crippen molar-refractivity contribution in [2.45, 2.75) is 46.6 Å².